The van der Waals surface area contributed by atoms with Crippen LogP contribution in [0.4, 0.5) is 5.95 Å². The fourth-order valence-electron chi connectivity index (χ4n) is 1.55. The summed E-state index contributed by atoms with van der Waals surface area (Å²) in [6.45, 7) is 8.30. The molecule has 2 aromatic rings. The maximum atomic E-state index is 5.98. The molecule has 2 aromatic heterocycles. The van der Waals surface area contributed by atoms with E-state index in [2.05, 4.69) is 29.9 Å². The summed E-state index contributed by atoms with van der Waals surface area (Å²) in [6.07, 6.45) is 1.89. The predicted octanol–water partition coefficient (Wildman–Crippen LogP) is 3.40. The summed E-state index contributed by atoms with van der Waals surface area (Å²) in [6, 6.07) is 2.10. The molecule has 0 aromatic carbocycles. The summed E-state index contributed by atoms with van der Waals surface area (Å²) in [5, 5.41) is 0.965. The van der Waals surface area contributed by atoms with E-state index < -0.39 is 0 Å². The number of hydrogen-bond acceptors (Lipinski definition) is 5. The number of thiophene rings is 1. The topological polar surface area (TPSA) is 61.0 Å². The molecule has 2 rings (SSSR count). The van der Waals surface area contributed by atoms with E-state index in [0.717, 1.165) is 23.1 Å². The molecular weight excluding hydrogens is 246 g/mol. The minimum atomic E-state index is -0.248. The van der Waals surface area contributed by atoms with Gasteiger partial charge in [0.15, 0.2) is 0 Å². The van der Waals surface area contributed by atoms with Gasteiger partial charge in [-0.3, -0.25) is 0 Å². The third-order valence-electron chi connectivity index (χ3n) is 3.00. The second-order valence-electron chi connectivity index (χ2n) is 4.89. The molecule has 98 valence electrons. The molecule has 0 aliphatic carbocycles. The van der Waals surface area contributed by atoms with Gasteiger partial charge in [-0.15, -0.1) is 11.3 Å². The molecule has 0 amide bonds. The minimum absolute atomic E-state index is 0.248. The summed E-state index contributed by atoms with van der Waals surface area (Å²) in [5.41, 5.74) is 5.49. The Kier molecular flexibility index (Phi) is 3.43. The van der Waals surface area contributed by atoms with Gasteiger partial charge in [-0.25, -0.2) is 4.98 Å². The number of aryl methyl sites for hydroxylation is 1. The van der Waals surface area contributed by atoms with Crippen LogP contribution in [0.2, 0.25) is 0 Å². The highest BCUT2D eigenvalue weighted by molar-refractivity contribution is 7.18. The molecule has 0 fully saturated rings. The first-order valence-electron chi connectivity index (χ1n) is 6.20. The number of anilines is 1. The zero-order valence-electron chi connectivity index (χ0n) is 11.3. The molecule has 0 saturated heterocycles. The summed E-state index contributed by atoms with van der Waals surface area (Å²) in [7, 11) is 0. The quantitative estimate of drug-likeness (QED) is 0.920. The first kappa shape index (κ1) is 13.1. The van der Waals surface area contributed by atoms with Crippen LogP contribution in [0.25, 0.3) is 10.2 Å². The van der Waals surface area contributed by atoms with Gasteiger partial charge in [0, 0.05) is 4.88 Å². The highest BCUT2D eigenvalue weighted by Gasteiger charge is 2.21. The molecular formula is C13H19N3OS. The predicted molar refractivity (Wildman–Crippen MR) is 76.2 cm³/mol. The Morgan fingerprint density at radius 3 is 2.67 bits per heavy atom. The monoisotopic (exact) mass is 265 g/mol. The number of ether oxygens (including phenoxy) is 1. The third kappa shape index (κ3) is 2.56. The average Bonchev–Trinajstić information content (AvgIpc) is 2.71. The molecule has 0 unspecified atom stereocenters. The average molecular weight is 265 g/mol. The Bertz CT molecular complexity index is 563. The first-order chi connectivity index (χ1) is 8.45. The van der Waals surface area contributed by atoms with Crippen molar-refractivity contribution in [1.82, 2.24) is 9.97 Å². The van der Waals surface area contributed by atoms with Crippen LogP contribution in [-0.4, -0.2) is 15.6 Å². The number of rotatable bonds is 4. The molecule has 0 aliphatic rings. The van der Waals surface area contributed by atoms with Crippen molar-refractivity contribution >= 4 is 27.5 Å². The maximum Gasteiger partial charge on any atom is 0.227 e. The molecule has 0 radical (unpaired) electrons. The van der Waals surface area contributed by atoms with E-state index in [1.165, 1.54) is 4.88 Å². The van der Waals surface area contributed by atoms with Crippen molar-refractivity contribution in [3.8, 4) is 5.88 Å². The smallest absolute Gasteiger partial charge is 0.227 e. The van der Waals surface area contributed by atoms with Crippen LogP contribution in [0, 0.1) is 0 Å². The minimum Gasteiger partial charge on any atom is -0.471 e. The van der Waals surface area contributed by atoms with Crippen molar-refractivity contribution in [3.63, 3.8) is 0 Å². The lowest BCUT2D eigenvalue weighted by molar-refractivity contribution is 0.101. The number of fused-ring (bicyclic) bond motifs is 1. The van der Waals surface area contributed by atoms with Crippen LogP contribution in [-0.2, 0) is 6.42 Å². The van der Waals surface area contributed by atoms with Gasteiger partial charge in [0.1, 0.15) is 10.4 Å². The largest absolute Gasteiger partial charge is 0.471 e. The highest BCUT2D eigenvalue weighted by atomic mass is 32.1. The van der Waals surface area contributed by atoms with Crippen molar-refractivity contribution < 1.29 is 4.74 Å². The Morgan fingerprint density at radius 2 is 2.06 bits per heavy atom. The Hall–Kier alpha value is -1.36. The van der Waals surface area contributed by atoms with Crippen molar-refractivity contribution in [2.24, 2.45) is 0 Å². The van der Waals surface area contributed by atoms with E-state index in [-0.39, 0.29) is 11.5 Å². The summed E-state index contributed by atoms with van der Waals surface area (Å²) in [4.78, 5) is 10.7. The lowest BCUT2D eigenvalue weighted by Crippen LogP contribution is -2.27. The van der Waals surface area contributed by atoms with Crippen molar-refractivity contribution in [2.45, 2.75) is 46.1 Å². The number of nitrogen functional groups attached to an aromatic ring is 1. The van der Waals surface area contributed by atoms with Gasteiger partial charge in [-0.2, -0.15) is 4.98 Å². The number of nitrogens with two attached hydrogens (primary N) is 1. The van der Waals surface area contributed by atoms with Crippen LogP contribution in [0.1, 0.15) is 39.0 Å². The maximum absolute atomic E-state index is 5.98. The van der Waals surface area contributed by atoms with Gasteiger partial charge in [0.2, 0.25) is 11.8 Å². The van der Waals surface area contributed by atoms with E-state index in [4.69, 9.17) is 10.5 Å². The lowest BCUT2D eigenvalue weighted by Gasteiger charge is -2.24. The second-order valence-corrected chi connectivity index (χ2v) is 6.00. The SMILES string of the molecule is CCc1cc2c(OC(C)(C)CC)nc(N)nc2s1. The van der Waals surface area contributed by atoms with Crippen molar-refractivity contribution in [3.05, 3.63) is 10.9 Å². The second kappa shape index (κ2) is 4.72. The standard InChI is InChI=1S/C13H19N3OS/c1-5-8-7-9-10(17-13(3,4)6-2)15-12(14)16-11(9)18-8/h7H,5-6H2,1-4H3,(H2,14,15,16). The zero-order valence-corrected chi connectivity index (χ0v) is 12.1. The Labute approximate surface area is 111 Å². The fourth-order valence-corrected chi connectivity index (χ4v) is 2.51. The van der Waals surface area contributed by atoms with Crippen molar-refractivity contribution in [1.29, 1.82) is 0 Å². The molecule has 2 heterocycles. The van der Waals surface area contributed by atoms with Gasteiger partial charge in [-0.1, -0.05) is 13.8 Å². The van der Waals surface area contributed by atoms with Gasteiger partial charge in [0.05, 0.1) is 5.39 Å². The molecule has 2 N–H and O–H groups in total. The molecule has 4 nitrogen and oxygen atoms in total. The molecule has 5 heteroatoms. The van der Waals surface area contributed by atoms with Crippen molar-refractivity contribution in [2.75, 3.05) is 5.73 Å². The van der Waals surface area contributed by atoms with Crippen LogP contribution in [0.15, 0.2) is 6.07 Å². The summed E-state index contributed by atoms with van der Waals surface area (Å²) in [5.74, 6) is 0.870. The zero-order chi connectivity index (χ0) is 13.3. The van der Waals surface area contributed by atoms with E-state index in [0.29, 0.717) is 5.88 Å². The van der Waals surface area contributed by atoms with Gasteiger partial charge in [-0.05, 0) is 32.8 Å². The number of nitrogens with zero attached hydrogens (tertiary/aromatic N) is 2. The van der Waals surface area contributed by atoms with Gasteiger partial charge < -0.3 is 10.5 Å². The van der Waals surface area contributed by atoms with Crippen LogP contribution in [0.5, 0.6) is 5.88 Å². The van der Waals surface area contributed by atoms with E-state index in [1.807, 2.05) is 13.8 Å². The number of aromatic nitrogens is 2. The van der Waals surface area contributed by atoms with Crippen LogP contribution < -0.4 is 10.5 Å². The molecule has 0 bridgehead atoms. The molecule has 0 aliphatic heterocycles. The first-order valence-corrected chi connectivity index (χ1v) is 7.01. The Balaban J connectivity index is 2.51. The van der Waals surface area contributed by atoms with Gasteiger partial charge in [0.25, 0.3) is 0 Å². The van der Waals surface area contributed by atoms with E-state index >= 15 is 0 Å². The summed E-state index contributed by atoms with van der Waals surface area (Å²) < 4.78 is 5.98. The highest BCUT2D eigenvalue weighted by Crippen LogP contribution is 2.33. The molecule has 0 spiro atoms. The Morgan fingerprint density at radius 1 is 1.33 bits per heavy atom. The number of hydrogen-bond donors (Lipinski definition) is 1. The lowest BCUT2D eigenvalue weighted by atomic mass is 10.1. The molecule has 0 atom stereocenters. The summed E-state index contributed by atoms with van der Waals surface area (Å²) >= 11 is 1.65. The third-order valence-corrected chi connectivity index (χ3v) is 4.17. The molecule has 0 saturated carbocycles. The molecule has 18 heavy (non-hydrogen) atoms. The van der Waals surface area contributed by atoms with Crippen LogP contribution in [0.3, 0.4) is 0 Å². The van der Waals surface area contributed by atoms with Crippen LogP contribution >= 0.6 is 11.3 Å². The van der Waals surface area contributed by atoms with E-state index in [9.17, 15) is 0 Å². The fraction of sp³-hybridized carbons (Fsp3) is 0.538. The van der Waals surface area contributed by atoms with Gasteiger partial charge >= 0.3 is 0 Å². The normalized spacial score (nSPS) is 12.0. The van der Waals surface area contributed by atoms with E-state index in [1.54, 1.807) is 11.3 Å².